The minimum atomic E-state index is -3.40. The zero-order valence-corrected chi connectivity index (χ0v) is 9.12. The van der Waals surface area contributed by atoms with E-state index in [0.29, 0.717) is 5.69 Å². The molecule has 0 aromatic heterocycles. The van der Waals surface area contributed by atoms with Crippen LogP contribution < -0.4 is 5.48 Å². The van der Waals surface area contributed by atoms with E-state index in [1.54, 1.807) is 12.1 Å². The molecule has 0 aliphatic carbocycles. The van der Waals surface area contributed by atoms with Crippen molar-refractivity contribution in [3.63, 3.8) is 0 Å². The smallest absolute Gasteiger partial charge is 0.180 e. The maximum atomic E-state index is 11.6. The van der Waals surface area contributed by atoms with Crippen molar-refractivity contribution in [1.82, 2.24) is 0 Å². The zero-order valence-electron chi connectivity index (χ0n) is 8.30. The standard InChI is InChI=1S/C9H13NO4S/c1-14-10-8-3-2-4-9(7-8)15(12,13)6-5-11/h2-4,7,10-11H,5-6H2,1H3. The highest BCUT2D eigenvalue weighted by molar-refractivity contribution is 7.91. The molecule has 1 aromatic carbocycles. The third kappa shape index (κ3) is 3.19. The molecule has 84 valence electrons. The second-order valence-corrected chi connectivity index (χ2v) is 4.99. The molecule has 0 saturated carbocycles. The van der Waals surface area contributed by atoms with Gasteiger partial charge in [0.1, 0.15) is 0 Å². The van der Waals surface area contributed by atoms with E-state index in [1.165, 1.54) is 19.2 Å². The van der Waals surface area contributed by atoms with E-state index in [1.807, 2.05) is 0 Å². The van der Waals surface area contributed by atoms with Gasteiger partial charge in [0, 0.05) is 0 Å². The van der Waals surface area contributed by atoms with Crippen LogP contribution in [-0.2, 0) is 14.7 Å². The van der Waals surface area contributed by atoms with Crippen LogP contribution >= 0.6 is 0 Å². The zero-order chi connectivity index (χ0) is 11.3. The van der Waals surface area contributed by atoms with Gasteiger partial charge in [-0.25, -0.2) is 8.42 Å². The Hall–Kier alpha value is -1.11. The Kier molecular flexibility index (Phi) is 4.07. The number of nitrogens with one attached hydrogen (secondary N) is 1. The molecular weight excluding hydrogens is 218 g/mol. The predicted molar refractivity (Wildman–Crippen MR) is 56.2 cm³/mol. The molecule has 0 amide bonds. The molecule has 0 bridgehead atoms. The van der Waals surface area contributed by atoms with Crippen LogP contribution in [-0.4, -0.2) is 33.0 Å². The SMILES string of the molecule is CONc1cccc(S(=O)(=O)CCO)c1. The average molecular weight is 231 g/mol. The predicted octanol–water partition coefficient (Wildman–Crippen LogP) is 0.426. The van der Waals surface area contributed by atoms with E-state index in [2.05, 4.69) is 10.3 Å². The van der Waals surface area contributed by atoms with Crippen molar-refractivity contribution in [2.75, 3.05) is 24.9 Å². The van der Waals surface area contributed by atoms with Gasteiger partial charge in [-0.1, -0.05) is 6.07 Å². The van der Waals surface area contributed by atoms with Crippen molar-refractivity contribution in [1.29, 1.82) is 0 Å². The van der Waals surface area contributed by atoms with Crippen LogP contribution in [0.3, 0.4) is 0 Å². The lowest BCUT2D eigenvalue weighted by molar-refractivity contribution is 0.271. The molecule has 0 atom stereocenters. The lowest BCUT2D eigenvalue weighted by Gasteiger charge is -2.06. The van der Waals surface area contributed by atoms with Gasteiger partial charge in [0.05, 0.1) is 30.1 Å². The number of aliphatic hydroxyl groups is 1. The Morgan fingerprint density at radius 2 is 2.20 bits per heavy atom. The first-order valence-electron chi connectivity index (χ1n) is 4.33. The fraction of sp³-hybridized carbons (Fsp3) is 0.333. The fourth-order valence-corrected chi connectivity index (χ4v) is 2.18. The quantitative estimate of drug-likeness (QED) is 0.718. The topological polar surface area (TPSA) is 75.6 Å². The van der Waals surface area contributed by atoms with Gasteiger partial charge in [0.15, 0.2) is 9.84 Å². The lowest BCUT2D eigenvalue weighted by atomic mass is 10.3. The molecule has 1 rings (SSSR count). The molecule has 0 aliphatic rings. The molecule has 15 heavy (non-hydrogen) atoms. The maximum Gasteiger partial charge on any atom is 0.180 e. The number of hydrogen-bond acceptors (Lipinski definition) is 5. The monoisotopic (exact) mass is 231 g/mol. The van der Waals surface area contributed by atoms with Crippen molar-refractivity contribution in [3.8, 4) is 0 Å². The first kappa shape index (κ1) is 12.0. The van der Waals surface area contributed by atoms with Gasteiger partial charge in [-0.2, -0.15) is 0 Å². The third-order valence-electron chi connectivity index (χ3n) is 1.77. The molecular formula is C9H13NO4S. The van der Waals surface area contributed by atoms with Crippen molar-refractivity contribution in [2.45, 2.75) is 4.90 Å². The molecule has 0 unspecified atom stereocenters. The molecule has 6 heteroatoms. The average Bonchev–Trinajstić information content (AvgIpc) is 2.19. The van der Waals surface area contributed by atoms with Gasteiger partial charge < -0.3 is 5.11 Å². The molecule has 2 N–H and O–H groups in total. The van der Waals surface area contributed by atoms with Gasteiger partial charge >= 0.3 is 0 Å². The van der Waals surface area contributed by atoms with E-state index < -0.39 is 9.84 Å². The Morgan fingerprint density at radius 3 is 2.80 bits per heavy atom. The molecule has 0 saturated heterocycles. The summed E-state index contributed by atoms with van der Waals surface area (Å²) in [6.07, 6.45) is 0. The highest BCUT2D eigenvalue weighted by Gasteiger charge is 2.13. The summed E-state index contributed by atoms with van der Waals surface area (Å²) in [6, 6.07) is 6.22. The van der Waals surface area contributed by atoms with Crippen molar-refractivity contribution < 1.29 is 18.4 Å². The summed E-state index contributed by atoms with van der Waals surface area (Å²) in [5.74, 6) is -0.274. The summed E-state index contributed by atoms with van der Waals surface area (Å²) in [5.41, 5.74) is 3.09. The van der Waals surface area contributed by atoms with Gasteiger partial charge in [-0.15, -0.1) is 0 Å². The van der Waals surface area contributed by atoms with Crippen LogP contribution in [0.5, 0.6) is 0 Å². The normalized spacial score (nSPS) is 11.3. The molecule has 0 radical (unpaired) electrons. The lowest BCUT2D eigenvalue weighted by Crippen LogP contribution is -2.10. The van der Waals surface area contributed by atoms with Crippen LogP contribution in [0.1, 0.15) is 0 Å². The molecule has 0 fully saturated rings. The molecule has 0 heterocycles. The minimum absolute atomic E-state index is 0.165. The first-order valence-corrected chi connectivity index (χ1v) is 5.98. The highest BCUT2D eigenvalue weighted by Crippen LogP contribution is 2.16. The van der Waals surface area contributed by atoms with Crippen LogP contribution in [0, 0.1) is 0 Å². The number of rotatable bonds is 5. The molecule has 0 spiro atoms. The largest absolute Gasteiger partial charge is 0.395 e. The Labute approximate surface area is 88.6 Å². The molecule has 5 nitrogen and oxygen atoms in total. The number of sulfone groups is 1. The second-order valence-electron chi connectivity index (χ2n) is 2.88. The van der Waals surface area contributed by atoms with E-state index in [4.69, 9.17) is 5.11 Å². The summed E-state index contributed by atoms with van der Waals surface area (Å²) in [6.45, 7) is -0.385. The van der Waals surface area contributed by atoms with Crippen LogP contribution in [0.25, 0.3) is 0 Å². The van der Waals surface area contributed by atoms with Crippen LogP contribution in [0.4, 0.5) is 5.69 Å². The Morgan fingerprint density at radius 1 is 1.47 bits per heavy atom. The van der Waals surface area contributed by atoms with Gasteiger partial charge in [0.25, 0.3) is 0 Å². The van der Waals surface area contributed by atoms with Gasteiger partial charge in [-0.3, -0.25) is 10.3 Å². The third-order valence-corrected chi connectivity index (χ3v) is 3.47. The van der Waals surface area contributed by atoms with E-state index >= 15 is 0 Å². The van der Waals surface area contributed by atoms with Gasteiger partial charge in [0.2, 0.25) is 0 Å². The number of aliphatic hydroxyl groups excluding tert-OH is 1. The summed E-state index contributed by atoms with van der Waals surface area (Å²) in [7, 11) is -1.96. The number of anilines is 1. The number of hydrogen-bond donors (Lipinski definition) is 2. The van der Waals surface area contributed by atoms with Gasteiger partial charge in [-0.05, 0) is 18.2 Å². The summed E-state index contributed by atoms with van der Waals surface area (Å²) >= 11 is 0. The van der Waals surface area contributed by atoms with Crippen LogP contribution in [0.15, 0.2) is 29.2 Å². The Bertz CT molecular complexity index is 416. The molecule has 0 aliphatic heterocycles. The van der Waals surface area contributed by atoms with Crippen molar-refractivity contribution in [3.05, 3.63) is 24.3 Å². The summed E-state index contributed by atoms with van der Waals surface area (Å²) in [5, 5.41) is 8.62. The summed E-state index contributed by atoms with van der Waals surface area (Å²) < 4.78 is 23.1. The van der Waals surface area contributed by atoms with Crippen molar-refractivity contribution in [2.24, 2.45) is 0 Å². The maximum absolute atomic E-state index is 11.6. The number of benzene rings is 1. The van der Waals surface area contributed by atoms with Crippen molar-refractivity contribution >= 4 is 15.5 Å². The Balaban J connectivity index is 2.99. The van der Waals surface area contributed by atoms with Crippen LogP contribution in [0.2, 0.25) is 0 Å². The highest BCUT2D eigenvalue weighted by atomic mass is 32.2. The summed E-state index contributed by atoms with van der Waals surface area (Å²) in [4.78, 5) is 4.83. The van der Waals surface area contributed by atoms with E-state index in [-0.39, 0.29) is 17.3 Å². The minimum Gasteiger partial charge on any atom is -0.395 e. The fourth-order valence-electron chi connectivity index (χ4n) is 1.11. The van der Waals surface area contributed by atoms with E-state index in [0.717, 1.165) is 0 Å². The van der Waals surface area contributed by atoms with E-state index in [9.17, 15) is 8.42 Å². The molecule has 1 aromatic rings. The first-order chi connectivity index (χ1) is 7.10. The second kappa shape index (κ2) is 5.11.